The summed E-state index contributed by atoms with van der Waals surface area (Å²) in [6.07, 6.45) is 0. The lowest BCUT2D eigenvalue weighted by molar-refractivity contribution is -0.114. The van der Waals surface area contributed by atoms with Gasteiger partial charge in [-0.15, -0.1) is 0 Å². The fourth-order valence-electron chi connectivity index (χ4n) is 2.37. The summed E-state index contributed by atoms with van der Waals surface area (Å²) in [7, 11) is 0. The number of halogens is 1. The summed E-state index contributed by atoms with van der Waals surface area (Å²) < 4.78 is 0. The van der Waals surface area contributed by atoms with Gasteiger partial charge in [0, 0.05) is 11.4 Å². The Bertz CT molecular complexity index is 947. The third kappa shape index (κ3) is 3.65. The summed E-state index contributed by atoms with van der Waals surface area (Å²) in [5.74, 6) is -0.191. The molecule has 118 valence electrons. The lowest BCUT2D eigenvalue weighted by Gasteiger charge is -2.09. The minimum Gasteiger partial charge on any atom is -0.376 e. The Hall–Kier alpha value is -3.03. The highest BCUT2D eigenvalue weighted by Crippen LogP contribution is 2.21. The minimum absolute atomic E-state index is 0.135. The van der Waals surface area contributed by atoms with E-state index in [1.807, 2.05) is 48.5 Å². The van der Waals surface area contributed by atoms with Crippen LogP contribution in [0.4, 0.5) is 11.4 Å². The molecule has 1 amide bonds. The molecule has 0 aliphatic carbocycles. The molecule has 0 saturated carbocycles. The number of nitrogens with zero attached hydrogens (tertiary/aromatic N) is 1. The van der Waals surface area contributed by atoms with Crippen LogP contribution in [-0.2, 0) is 4.79 Å². The zero-order valence-corrected chi connectivity index (χ0v) is 13.5. The monoisotopic (exact) mass is 335 g/mol. The lowest BCUT2D eigenvalue weighted by atomic mass is 10.1. The normalized spacial score (nSPS) is 10.2. The maximum absolute atomic E-state index is 12.0. The highest BCUT2D eigenvalue weighted by Gasteiger charge is 2.05. The van der Waals surface area contributed by atoms with E-state index in [0.29, 0.717) is 16.3 Å². The third-order valence-corrected chi connectivity index (χ3v) is 3.89. The number of carbonyl (C=O) groups is 1. The van der Waals surface area contributed by atoms with Gasteiger partial charge in [0.05, 0.1) is 17.1 Å². The molecule has 3 rings (SSSR count). The Kier molecular flexibility index (Phi) is 4.64. The van der Waals surface area contributed by atoms with E-state index in [1.165, 1.54) is 0 Å². The second-order valence-electron chi connectivity index (χ2n) is 5.27. The van der Waals surface area contributed by atoms with Gasteiger partial charge in [-0.3, -0.25) is 4.79 Å². The molecule has 0 aromatic heterocycles. The second-order valence-corrected chi connectivity index (χ2v) is 5.68. The van der Waals surface area contributed by atoms with Crippen molar-refractivity contribution < 1.29 is 4.79 Å². The molecule has 0 unspecified atom stereocenters. The summed E-state index contributed by atoms with van der Waals surface area (Å²) in [5, 5.41) is 17.3. The molecule has 3 aromatic carbocycles. The van der Waals surface area contributed by atoms with Crippen LogP contribution in [0.5, 0.6) is 0 Å². The SMILES string of the molecule is N#Cc1ccc(NC(=O)CNc2ccc3ccccc3c2)cc1Cl. The van der Waals surface area contributed by atoms with Gasteiger partial charge in [0.25, 0.3) is 0 Å². The minimum atomic E-state index is -0.191. The molecule has 0 spiro atoms. The van der Waals surface area contributed by atoms with E-state index in [1.54, 1.807) is 18.2 Å². The molecule has 5 heteroatoms. The number of anilines is 2. The van der Waals surface area contributed by atoms with Crippen molar-refractivity contribution in [1.29, 1.82) is 5.26 Å². The predicted octanol–water partition coefficient (Wildman–Crippen LogP) is 4.42. The molecule has 0 heterocycles. The van der Waals surface area contributed by atoms with Gasteiger partial charge in [0.2, 0.25) is 5.91 Å². The molecule has 0 aliphatic rings. The number of rotatable bonds is 4. The summed E-state index contributed by atoms with van der Waals surface area (Å²) in [6, 6.07) is 20.8. The predicted molar refractivity (Wildman–Crippen MR) is 97.2 cm³/mol. The molecule has 4 nitrogen and oxygen atoms in total. The summed E-state index contributed by atoms with van der Waals surface area (Å²) in [4.78, 5) is 12.0. The largest absolute Gasteiger partial charge is 0.376 e. The smallest absolute Gasteiger partial charge is 0.243 e. The molecule has 24 heavy (non-hydrogen) atoms. The molecule has 0 aliphatic heterocycles. The molecule has 0 radical (unpaired) electrons. The highest BCUT2D eigenvalue weighted by atomic mass is 35.5. The molecule has 0 fully saturated rings. The molecular formula is C19H14ClN3O. The first-order valence-electron chi connectivity index (χ1n) is 7.38. The van der Waals surface area contributed by atoms with E-state index in [0.717, 1.165) is 16.5 Å². The third-order valence-electron chi connectivity index (χ3n) is 3.58. The molecule has 0 saturated heterocycles. The van der Waals surface area contributed by atoms with Crippen molar-refractivity contribution in [2.24, 2.45) is 0 Å². The maximum Gasteiger partial charge on any atom is 0.243 e. The van der Waals surface area contributed by atoms with Crippen LogP contribution in [0.15, 0.2) is 60.7 Å². The van der Waals surface area contributed by atoms with Gasteiger partial charge >= 0.3 is 0 Å². The number of benzene rings is 3. The van der Waals surface area contributed by atoms with Crippen molar-refractivity contribution in [2.75, 3.05) is 17.2 Å². The van der Waals surface area contributed by atoms with Crippen LogP contribution in [0.3, 0.4) is 0 Å². The van der Waals surface area contributed by atoms with Crippen LogP contribution in [0.1, 0.15) is 5.56 Å². The second kappa shape index (κ2) is 7.03. The Labute approximate surface area is 144 Å². The van der Waals surface area contributed by atoms with Crippen molar-refractivity contribution >= 4 is 39.7 Å². The van der Waals surface area contributed by atoms with Gasteiger partial charge in [-0.25, -0.2) is 0 Å². The fraction of sp³-hybridized carbons (Fsp3) is 0.0526. The van der Waals surface area contributed by atoms with Gasteiger partial charge in [0.1, 0.15) is 6.07 Å². The first-order valence-corrected chi connectivity index (χ1v) is 7.76. The molecule has 3 aromatic rings. The van der Waals surface area contributed by atoms with Crippen molar-refractivity contribution in [3.63, 3.8) is 0 Å². The quantitative estimate of drug-likeness (QED) is 0.742. The van der Waals surface area contributed by atoms with Crippen molar-refractivity contribution in [3.8, 4) is 6.07 Å². The zero-order valence-electron chi connectivity index (χ0n) is 12.7. The molecule has 0 bridgehead atoms. The summed E-state index contributed by atoms with van der Waals surface area (Å²) in [6.45, 7) is 0.135. The van der Waals surface area contributed by atoms with Crippen LogP contribution < -0.4 is 10.6 Å². The Balaban J connectivity index is 1.62. The van der Waals surface area contributed by atoms with Crippen molar-refractivity contribution in [1.82, 2.24) is 0 Å². The van der Waals surface area contributed by atoms with E-state index in [2.05, 4.69) is 10.6 Å². The van der Waals surface area contributed by atoms with E-state index in [4.69, 9.17) is 16.9 Å². The summed E-state index contributed by atoms with van der Waals surface area (Å²) >= 11 is 5.95. The van der Waals surface area contributed by atoms with Crippen LogP contribution in [0.25, 0.3) is 10.8 Å². The fourth-order valence-corrected chi connectivity index (χ4v) is 2.59. The Morgan fingerprint density at radius 2 is 1.75 bits per heavy atom. The Morgan fingerprint density at radius 1 is 1.00 bits per heavy atom. The number of fused-ring (bicyclic) bond motifs is 1. The van der Waals surface area contributed by atoms with E-state index < -0.39 is 0 Å². The number of nitrogens with one attached hydrogen (secondary N) is 2. The first kappa shape index (κ1) is 15.9. The van der Waals surface area contributed by atoms with Crippen LogP contribution in [0, 0.1) is 11.3 Å². The maximum atomic E-state index is 12.0. The number of nitriles is 1. The lowest BCUT2D eigenvalue weighted by Crippen LogP contribution is -2.21. The van der Waals surface area contributed by atoms with Crippen molar-refractivity contribution in [2.45, 2.75) is 0 Å². The number of carbonyl (C=O) groups excluding carboxylic acids is 1. The van der Waals surface area contributed by atoms with Crippen LogP contribution in [0.2, 0.25) is 5.02 Å². The first-order chi connectivity index (χ1) is 11.7. The number of amides is 1. The van der Waals surface area contributed by atoms with Crippen LogP contribution in [-0.4, -0.2) is 12.5 Å². The van der Waals surface area contributed by atoms with Gasteiger partial charge < -0.3 is 10.6 Å². The molecular weight excluding hydrogens is 322 g/mol. The van der Waals surface area contributed by atoms with Crippen LogP contribution >= 0.6 is 11.6 Å². The Morgan fingerprint density at radius 3 is 2.50 bits per heavy atom. The van der Waals surface area contributed by atoms with Gasteiger partial charge in [-0.1, -0.05) is 41.9 Å². The van der Waals surface area contributed by atoms with Crippen molar-refractivity contribution in [3.05, 3.63) is 71.2 Å². The number of hydrogen-bond donors (Lipinski definition) is 2. The topological polar surface area (TPSA) is 64.9 Å². The van der Waals surface area contributed by atoms with Gasteiger partial charge in [-0.05, 0) is 41.1 Å². The van der Waals surface area contributed by atoms with E-state index >= 15 is 0 Å². The van der Waals surface area contributed by atoms with E-state index in [9.17, 15) is 4.79 Å². The van der Waals surface area contributed by atoms with Gasteiger partial charge in [0.15, 0.2) is 0 Å². The number of hydrogen-bond acceptors (Lipinski definition) is 3. The average molecular weight is 336 g/mol. The summed E-state index contributed by atoms with van der Waals surface area (Å²) in [5.41, 5.74) is 1.81. The standard InChI is InChI=1S/C19H14ClN3O/c20-18-10-17(8-6-15(18)11-21)23-19(24)12-22-16-7-5-13-3-1-2-4-14(13)9-16/h1-10,22H,12H2,(H,23,24). The van der Waals surface area contributed by atoms with E-state index in [-0.39, 0.29) is 12.5 Å². The van der Waals surface area contributed by atoms with Gasteiger partial charge in [-0.2, -0.15) is 5.26 Å². The highest BCUT2D eigenvalue weighted by molar-refractivity contribution is 6.32. The molecule has 2 N–H and O–H groups in total. The average Bonchev–Trinajstić information content (AvgIpc) is 2.60. The molecule has 0 atom stereocenters. The zero-order chi connectivity index (χ0) is 16.9.